The Balaban J connectivity index is 1.88. The van der Waals surface area contributed by atoms with E-state index in [9.17, 15) is 4.79 Å². The Kier molecular flexibility index (Phi) is 2.51. The van der Waals surface area contributed by atoms with Gasteiger partial charge in [0.1, 0.15) is 0 Å². The van der Waals surface area contributed by atoms with Gasteiger partial charge in [0.25, 0.3) is 0 Å². The van der Waals surface area contributed by atoms with Gasteiger partial charge in [-0.15, -0.1) is 0 Å². The average Bonchev–Trinajstić information content (AvgIpc) is 2.88. The molecule has 17 heavy (non-hydrogen) atoms. The Bertz CT molecular complexity index is 455. The van der Waals surface area contributed by atoms with Crippen LogP contribution in [0.15, 0.2) is 18.5 Å². The molecule has 0 saturated heterocycles. The molecule has 3 rings (SSSR count). The first-order chi connectivity index (χ1) is 8.16. The van der Waals surface area contributed by atoms with Gasteiger partial charge in [-0.05, 0) is 49.7 Å². The molecule has 0 radical (unpaired) electrons. The Morgan fingerprint density at radius 3 is 2.76 bits per heavy atom. The largest absolute Gasteiger partial charge is 0.327 e. The fourth-order valence-electron chi connectivity index (χ4n) is 3.61. The van der Waals surface area contributed by atoms with Crippen LogP contribution in [0.25, 0.3) is 0 Å². The molecule has 2 saturated carbocycles. The van der Waals surface area contributed by atoms with E-state index in [1.54, 1.807) is 12.4 Å². The van der Waals surface area contributed by atoms with E-state index in [0.29, 0.717) is 11.8 Å². The molecular weight excluding hydrogens is 212 g/mol. The molecule has 3 nitrogen and oxygen atoms in total. The molecule has 1 aromatic heterocycles. The summed E-state index contributed by atoms with van der Waals surface area (Å²) >= 11 is 0. The second-order valence-corrected chi connectivity index (χ2v) is 5.55. The molecule has 0 aromatic carbocycles. The number of aromatic nitrogens is 1. The van der Waals surface area contributed by atoms with E-state index in [2.05, 4.69) is 4.98 Å². The van der Waals surface area contributed by atoms with Gasteiger partial charge >= 0.3 is 0 Å². The van der Waals surface area contributed by atoms with Gasteiger partial charge in [-0.1, -0.05) is 0 Å². The number of Topliss-reactive ketones (excluding diaryl/α,β-unsaturated/α-hetero) is 1. The molecule has 2 aliphatic carbocycles. The smallest absolute Gasteiger partial charge is 0.169 e. The van der Waals surface area contributed by atoms with Crippen LogP contribution in [-0.4, -0.2) is 16.8 Å². The van der Waals surface area contributed by atoms with Gasteiger partial charge in [-0.25, -0.2) is 0 Å². The Hall–Kier alpha value is -1.22. The number of fused-ring (bicyclic) bond motifs is 2. The van der Waals surface area contributed by atoms with Gasteiger partial charge in [-0.3, -0.25) is 9.78 Å². The molecule has 1 heterocycles. The number of carbonyl (C=O) groups excluding carboxylic acids is 1. The molecular formula is C14H18N2O. The first-order valence-corrected chi connectivity index (χ1v) is 6.38. The summed E-state index contributed by atoms with van der Waals surface area (Å²) in [7, 11) is 0. The summed E-state index contributed by atoms with van der Waals surface area (Å²) in [6.07, 6.45) is 6.98. The lowest BCUT2D eigenvalue weighted by molar-refractivity contribution is 0.0855. The third-order valence-corrected chi connectivity index (χ3v) is 4.44. The second-order valence-electron chi connectivity index (χ2n) is 5.55. The van der Waals surface area contributed by atoms with Crippen molar-refractivity contribution in [1.29, 1.82) is 0 Å². The highest BCUT2D eigenvalue weighted by atomic mass is 16.1. The van der Waals surface area contributed by atoms with Gasteiger partial charge in [-0.2, -0.15) is 0 Å². The first kappa shape index (κ1) is 10.9. The lowest BCUT2D eigenvalue weighted by atomic mass is 9.80. The number of hydrogen-bond donors (Lipinski definition) is 1. The second kappa shape index (κ2) is 3.91. The number of aryl methyl sites for hydroxylation is 1. The summed E-state index contributed by atoms with van der Waals surface area (Å²) in [6.45, 7) is 1.96. The minimum absolute atomic E-state index is 0.0392. The molecule has 2 bridgehead atoms. The zero-order chi connectivity index (χ0) is 12.0. The minimum atomic E-state index is 0.0392. The third kappa shape index (κ3) is 1.69. The van der Waals surface area contributed by atoms with Crippen molar-refractivity contribution in [3.8, 4) is 0 Å². The van der Waals surface area contributed by atoms with E-state index in [0.717, 1.165) is 17.5 Å². The quantitative estimate of drug-likeness (QED) is 0.790. The normalized spacial score (nSPS) is 35.2. The van der Waals surface area contributed by atoms with E-state index in [-0.39, 0.29) is 17.7 Å². The van der Waals surface area contributed by atoms with Crippen LogP contribution in [0.5, 0.6) is 0 Å². The predicted molar refractivity (Wildman–Crippen MR) is 65.6 cm³/mol. The molecule has 4 unspecified atom stereocenters. The highest BCUT2D eigenvalue weighted by molar-refractivity contribution is 5.98. The summed E-state index contributed by atoms with van der Waals surface area (Å²) in [4.78, 5) is 16.6. The molecule has 3 heteroatoms. The molecule has 0 amide bonds. The fraction of sp³-hybridized carbons (Fsp3) is 0.571. The third-order valence-electron chi connectivity index (χ3n) is 4.44. The molecule has 2 N–H and O–H groups in total. The Morgan fingerprint density at radius 1 is 1.35 bits per heavy atom. The molecule has 0 spiro atoms. The van der Waals surface area contributed by atoms with Crippen molar-refractivity contribution in [3.05, 3.63) is 29.6 Å². The first-order valence-electron chi connectivity index (χ1n) is 6.38. The molecule has 1 aromatic rings. The predicted octanol–water partition coefficient (Wildman–Crippen LogP) is 1.95. The van der Waals surface area contributed by atoms with Crippen molar-refractivity contribution in [2.75, 3.05) is 0 Å². The summed E-state index contributed by atoms with van der Waals surface area (Å²) in [6, 6.07) is 2.00. The van der Waals surface area contributed by atoms with Crippen LogP contribution >= 0.6 is 0 Å². The summed E-state index contributed by atoms with van der Waals surface area (Å²) in [5.41, 5.74) is 7.97. The topological polar surface area (TPSA) is 56.0 Å². The van der Waals surface area contributed by atoms with Gasteiger partial charge in [0.2, 0.25) is 0 Å². The van der Waals surface area contributed by atoms with E-state index in [1.165, 1.54) is 12.8 Å². The fourth-order valence-corrected chi connectivity index (χ4v) is 3.61. The van der Waals surface area contributed by atoms with Crippen molar-refractivity contribution < 1.29 is 4.79 Å². The van der Waals surface area contributed by atoms with Crippen LogP contribution in [-0.2, 0) is 0 Å². The van der Waals surface area contributed by atoms with Crippen LogP contribution in [0.1, 0.15) is 35.2 Å². The lowest BCUT2D eigenvalue weighted by Gasteiger charge is -2.26. The molecule has 2 fully saturated rings. The van der Waals surface area contributed by atoms with Crippen LogP contribution in [0.3, 0.4) is 0 Å². The van der Waals surface area contributed by atoms with Crippen molar-refractivity contribution in [1.82, 2.24) is 4.98 Å². The molecule has 4 atom stereocenters. The van der Waals surface area contributed by atoms with Gasteiger partial charge in [0.15, 0.2) is 5.78 Å². The maximum absolute atomic E-state index is 12.5. The number of nitrogens with zero attached hydrogens (tertiary/aromatic N) is 1. The van der Waals surface area contributed by atoms with E-state index in [4.69, 9.17) is 5.73 Å². The highest BCUT2D eigenvalue weighted by Crippen LogP contribution is 2.48. The van der Waals surface area contributed by atoms with Crippen molar-refractivity contribution >= 4 is 5.78 Å². The van der Waals surface area contributed by atoms with Crippen molar-refractivity contribution in [2.24, 2.45) is 23.5 Å². The number of ketones is 1. The monoisotopic (exact) mass is 230 g/mol. The van der Waals surface area contributed by atoms with Gasteiger partial charge in [0.05, 0.1) is 0 Å². The highest BCUT2D eigenvalue weighted by Gasteiger charge is 2.49. The maximum Gasteiger partial charge on any atom is 0.169 e. The van der Waals surface area contributed by atoms with E-state index >= 15 is 0 Å². The number of carbonyl (C=O) groups is 1. The lowest BCUT2D eigenvalue weighted by Crippen LogP contribution is -2.40. The van der Waals surface area contributed by atoms with Crippen LogP contribution < -0.4 is 5.73 Å². The number of nitrogens with two attached hydrogens (primary N) is 1. The van der Waals surface area contributed by atoms with Gasteiger partial charge in [0, 0.05) is 29.9 Å². The standard InChI is InChI=1S/C14H18N2O/c1-8-4-11(7-16-6-8)14(17)12-9-2-3-10(5-9)13(12)15/h4,6-7,9-10,12-13H,2-3,5,15H2,1H3. The summed E-state index contributed by atoms with van der Waals surface area (Å²) in [5, 5.41) is 0. The number of pyridine rings is 1. The number of hydrogen-bond acceptors (Lipinski definition) is 3. The minimum Gasteiger partial charge on any atom is -0.327 e. The van der Waals surface area contributed by atoms with Crippen molar-refractivity contribution in [2.45, 2.75) is 32.2 Å². The Labute approximate surface area is 101 Å². The zero-order valence-corrected chi connectivity index (χ0v) is 10.1. The van der Waals surface area contributed by atoms with Crippen LogP contribution in [0, 0.1) is 24.7 Å². The Morgan fingerprint density at radius 2 is 2.12 bits per heavy atom. The zero-order valence-electron chi connectivity index (χ0n) is 10.1. The molecule has 0 aliphatic heterocycles. The summed E-state index contributed by atoms with van der Waals surface area (Å²) < 4.78 is 0. The molecule has 90 valence electrons. The summed E-state index contributed by atoms with van der Waals surface area (Å²) in [5.74, 6) is 1.34. The van der Waals surface area contributed by atoms with Crippen LogP contribution in [0.4, 0.5) is 0 Å². The van der Waals surface area contributed by atoms with Crippen LogP contribution in [0.2, 0.25) is 0 Å². The van der Waals surface area contributed by atoms with Gasteiger partial charge < -0.3 is 5.73 Å². The maximum atomic E-state index is 12.5. The van der Waals surface area contributed by atoms with Crippen molar-refractivity contribution in [3.63, 3.8) is 0 Å². The van der Waals surface area contributed by atoms with E-state index in [1.807, 2.05) is 13.0 Å². The SMILES string of the molecule is Cc1cncc(C(=O)C2C3CCC(C3)C2N)c1. The average molecular weight is 230 g/mol. The van der Waals surface area contributed by atoms with E-state index < -0.39 is 0 Å². The number of rotatable bonds is 2. The molecule has 2 aliphatic rings.